The lowest BCUT2D eigenvalue weighted by Crippen LogP contribution is -2.63. The molecular formula is C17H42O5Si4. The predicted molar refractivity (Wildman–Crippen MR) is 119 cm³/mol. The zero-order valence-electron chi connectivity index (χ0n) is 19.1. The first kappa shape index (κ1) is 24.7. The molecule has 9 heteroatoms. The third kappa shape index (κ3) is 9.74. The Kier molecular flexibility index (Phi) is 8.15. The van der Waals surface area contributed by atoms with E-state index in [1.54, 1.807) is 0 Å². The van der Waals surface area contributed by atoms with Crippen molar-refractivity contribution in [2.45, 2.75) is 103 Å². The van der Waals surface area contributed by atoms with Crippen LogP contribution in [0.5, 0.6) is 0 Å². The molecule has 0 aromatic heterocycles. The van der Waals surface area contributed by atoms with Crippen molar-refractivity contribution in [3.8, 4) is 0 Å². The number of hydrogen-bond donors (Lipinski definition) is 0. The van der Waals surface area contributed by atoms with Gasteiger partial charge in [-0.15, -0.1) is 0 Å². The molecule has 0 N–H and O–H groups in total. The summed E-state index contributed by atoms with van der Waals surface area (Å²) in [6, 6.07) is 0. The van der Waals surface area contributed by atoms with Gasteiger partial charge >= 0.3 is 0 Å². The monoisotopic (exact) mass is 438 g/mol. The average molecular weight is 439 g/mol. The third-order valence-corrected chi connectivity index (χ3v) is 7.24. The van der Waals surface area contributed by atoms with Crippen LogP contribution >= 0.6 is 0 Å². The molecule has 1 aliphatic rings. The minimum absolute atomic E-state index is 0.101. The molecule has 0 aliphatic carbocycles. The quantitative estimate of drug-likeness (QED) is 0.507. The molecule has 0 aromatic rings. The zero-order valence-corrected chi connectivity index (χ0v) is 23.1. The van der Waals surface area contributed by atoms with Crippen LogP contribution in [0.3, 0.4) is 0 Å². The van der Waals surface area contributed by atoms with Crippen LogP contribution in [0.2, 0.25) is 78.6 Å². The van der Waals surface area contributed by atoms with Crippen molar-refractivity contribution in [2.24, 2.45) is 0 Å². The molecular weight excluding hydrogens is 397 g/mol. The Morgan fingerprint density at radius 1 is 0.538 bits per heavy atom. The smallest absolute Gasteiger partial charge is 0.187 e. The Bertz CT molecular complexity index is 406. The van der Waals surface area contributed by atoms with Gasteiger partial charge in [-0.1, -0.05) is 0 Å². The topological polar surface area (TPSA) is 46.2 Å². The highest BCUT2D eigenvalue weighted by Crippen LogP contribution is 2.31. The summed E-state index contributed by atoms with van der Waals surface area (Å²) in [7, 11) is -7.14. The van der Waals surface area contributed by atoms with Crippen molar-refractivity contribution in [3.05, 3.63) is 0 Å². The minimum atomic E-state index is -1.82. The summed E-state index contributed by atoms with van der Waals surface area (Å²) >= 11 is 0. The molecule has 5 nitrogen and oxygen atoms in total. The molecule has 0 amide bonds. The van der Waals surface area contributed by atoms with Gasteiger partial charge in [0, 0.05) is 0 Å². The van der Waals surface area contributed by atoms with Gasteiger partial charge in [0.25, 0.3) is 0 Å². The summed E-state index contributed by atoms with van der Waals surface area (Å²) in [6.45, 7) is 26.9. The molecule has 1 fully saturated rings. The van der Waals surface area contributed by atoms with Crippen molar-refractivity contribution in [1.82, 2.24) is 0 Å². The molecule has 0 spiro atoms. The van der Waals surface area contributed by atoms with Crippen LogP contribution in [0.15, 0.2) is 0 Å². The molecule has 0 unspecified atom stereocenters. The van der Waals surface area contributed by atoms with Crippen LogP contribution in [0.25, 0.3) is 0 Å². The first-order valence-electron chi connectivity index (χ1n) is 9.69. The lowest BCUT2D eigenvalue weighted by Gasteiger charge is -2.48. The van der Waals surface area contributed by atoms with Gasteiger partial charge in [-0.2, -0.15) is 0 Å². The molecule has 0 radical (unpaired) electrons. The first-order valence-corrected chi connectivity index (χ1v) is 23.3. The lowest BCUT2D eigenvalue weighted by molar-refractivity contribution is -0.232. The second-order valence-electron chi connectivity index (χ2n) is 11.1. The fourth-order valence-corrected chi connectivity index (χ4v) is 7.01. The number of ether oxygens (including phenoxy) is 1. The molecule has 0 bridgehead atoms. The van der Waals surface area contributed by atoms with Crippen molar-refractivity contribution in [3.63, 3.8) is 0 Å². The molecule has 26 heavy (non-hydrogen) atoms. The van der Waals surface area contributed by atoms with E-state index in [1.165, 1.54) is 0 Å². The average Bonchev–Trinajstić information content (AvgIpc) is 2.30. The summed E-state index contributed by atoms with van der Waals surface area (Å²) in [5, 5.41) is 0. The summed E-state index contributed by atoms with van der Waals surface area (Å²) in [5.74, 6) is 0. The maximum atomic E-state index is 6.63. The third-order valence-electron chi connectivity index (χ3n) is 3.34. The van der Waals surface area contributed by atoms with E-state index in [0.29, 0.717) is 6.61 Å². The maximum Gasteiger partial charge on any atom is 0.187 e. The van der Waals surface area contributed by atoms with Crippen LogP contribution in [-0.2, 0) is 22.4 Å². The first-order chi connectivity index (χ1) is 11.4. The highest BCUT2D eigenvalue weighted by molar-refractivity contribution is 6.71. The van der Waals surface area contributed by atoms with E-state index in [4.69, 9.17) is 22.4 Å². The normalized spacial score (nSPS) is 29.1. The van der Waals surface area contributed by atoms with Crippen LogP contribution in [0.4, 0.5) is 0 Å². The largest absolute Gasteiger partial charge is 0.410 e. The summed E-state index contributed by atoms with van der Waals surface area (Å²) in [6.07, 6.45) is -0.863. The standard InChI is InChI=1S/C17H42O5Si4/c1-23(2,3)19-14-13-18-17(22-26(10,11)12)16(21-25(7,8)9)15(14)20-24(4,5)6/h14-17H,13H2,1-12H3/t14-,15-,16-,17+/m0/s1. The summed E-state index contributed by atoms with van der Waals surface area (Å²) in [5.41, 5.74) is 0. The fraction of sp³-hybridized carbons (Fsp3) is 1.00. The Morgan fingerprint density at radius 3 is 1.31 bits per heavy atom. The van der Waals surface area contributed by atoms with Gasteiger partial charge in [0.15, 0.2) is 39.6 Å². The summed E-state index contributed by atoms with van der Waals surface area (Å²) in [4.78, 5) is 0. The van der Waals surface area contributed by atoms with E-state index >= 15 is 0 Å². The molecule has 1 saturated heterocycles. The van der Waals surface area contributed by atoms with E-state index in [0.717, 1.165) is 0 Å². The van der Waals surface area contributed by atoms with Crippen molar-refractivity contribution < 1.29 is 22.4 Å². The second-order valence-corrected chi connectivity index (χ2v) is 28.9. The van der Waals surface area contributed by atoms with Gasteiger partial charge in [-0.05, 0) is 78.6 Å². The van der Waals surface area contributed by atoms with E-state index in [-0.39, 0.29) is 24.6 Å². The predicted octanol–water partition coefficient (Wildman–Crippen LogP) is 4.85. The van der Waals surface area contributed by atoms with Crippen molar-refractivity contribution in [2.75, 3.05) is 6.61 Å². The van der Waals surface area contributed by atoms with Gasteiger partial charge in [-0.25, -0.2) is 0 Å². The van der Waals surface area contributed by atoms with Crippen LogP contribution in [0, 0.1) is 0 Å². The van der Waals surface area contributed by atoms with Gasteiger partial charge < -0.3 is 22.4 Å². The van der Waals surface area contributed by atoms with Gasteiger partial charge in [0.05, 0.1) is 12.7 Å². The van der Waals surface area contributed by atoms with Crippen molar-refractivity contribution in [1.29, 1.82) is 0 Å². The molecule has 1 rings (SSSR count). The Balaban J connectivity index is 3.20. The van der Waals surface area contributed by atoms with E-state index in [1.807, 2.05) is 0 Å². The lowest BCUT2D eigenvalue weighted by atomic mass is 10.1. The highest BCUT2D eigenvalue weighted by atomic mass is 28.4. The van der Waals surface area contributed by atoms with Crippen molar-refractivity contribution >= 4 is 33.3 Å². The molecule has 156 valence electrons. The Hall–Kier alpha value is 0.668. The number of rotatable bonds is 8. The van der Waals surface area contributed by atoms with Crippen LogP contribution < -0.4 is 0 Å². The molecule has 1 heterocycles. The minimum Gasteiger partial charge on any atom is -0.410 e. The summed E-state index contributed by atoms with van der Waals surface area (Å²) < 4.78 is 32.2. The van der Waals surface area contributed by atoms with Gasteiger partial charge in [0.2, 0.25) is 0 Å². The molecule has 0 saturated carbocycles. The number of hydrogen-bond acceptors (Lipinski definition) is 5. The van der Waals surface area contributed by atoms with E-state index < -0.39 is 33.3 Å². The van der Waals surface area contributed by atoms with Crippen LogP contribution in [-0.4, -0.2) is 64.5 Å². The van der Waals surface area contributed by atoms with Gasteiger partial charge in [0.1, 0.15) is 12.2 Å². The fourth-order valence-electron chi connectivity index (χ4n) is 2.83. The van der Waals surface area contributed by atoms with Crippen LogP contribution in [0.1, 0.15) is 0 Å². The van der Waals surface area contributed by atoms with Gasteiger partial charge in [-0.3, -0.25) is 0 Å². The Labute approximate surface area is 165 Å². The molecule has 4 atom stereocenters. The maximum absolute atomic E-state index is 6.63. The van der Waals surface area contributed by atoms with E-state index in [2.05, 4.69) is 78.6 Å². The Morgan fingerprint density at radius 2 is 0.923 bits per heavy atom. The molecule has 1 aliphatic heterocycles. The zero-order chi connectivity index (χ0) is 20.6. The SMILES string of the molecule is C[Si](C)(C)O[C@H]1OC[C@H](O[Si](C)(C)C)[C@H](O[Si](C)(C)C)[C@@H]1O[Si](C)(C)C. The second kappa shape index (κ2) is 8.58. The molecule has 0 aromatic carbocycles. The highest BCUT2D eigenvalue weighted by Gasteiger charge is 2.48. The van der Waals surface area contributed by atoms with E-state index in [9.17, 15) is 0 Å².